The van der Waals surface area contributed by atoms with E-state index in [1.165, 1.54) is 12.5 Å². The maximum atomic E-state index is 11.7. The topological polar surface area (TPSA) is 83.6 Å². The molecule has 0 saturated heterocycles. The third-order valence-electron chi connectivity index (χ3n) is 2.15. The summed E-state index contributed by atoms with van der Waals surface area (Å²) in [4.78, 5) is 19.5. The molecule has 0 spiro atoms. The number of amides is 1. The van der Waals surface area contributed by atoms with Gasteiger partial charge in [-0.05, 0) is 13.0 Å². The lowest BCUT2D eigenvalue weighted by molar-refractivity contribution is 0.0950. The maximum absolute atomic E-state index is 11.7. The lowest BCUT2D eigenvalue weighted by Crippen LogP contribution is -2.23. The molecule has 0 aliphatic heterocycles. The average Bonchev–Trinajstić information content (AvgIpc) is 2.74. The van der Waals surface area contributed by atoms with Crippen molar-refractivity contribution in [3.05, 3.63) is 41.7 Å². The Kier molecular flexibility index (Phi) is 2.90. The Morgan fingerprint density at radius 3 is 3.06 bits per heavy atom. The molecule has 2 aromatic heterocycles. The van der Waals surface area contributed by atoms with Crippen LogP contribution < -0.4 is 5.32 Å². The normalized spacial score (nSPS) is 10.1. The number of H-pyrrole nitrogens is 1. The molecule has 0 unspecified atom stereocenters. The summed E-state index contributed by atoms with van der Waals surface area (Å²) in [6, 6.07) is 1.75. The minimum atomic E-state index is -0.162. The molecule has 0 aliphatic rings. The molecule has 0 bridgehead atoms. The Morgan fingerprint density at radius 2 is 2.44 bits per heavy atom. The first-order valence-electron chi connectivity index (χ1n) is 4.80. The minimum absolute atomic E-state index is 0.162. The van der Waals surface area contributed by atoms with Crippen molar-refractivity contribution in [2.45, 2.75) is 13.5 Å². The number of hydrogen-bond donors (Lipinski definition) is 2. The Morgan fingerprint density at radius 1 is 1.56 bits per heavy atom. The summed E-state index contributed by atoms with van der Waals surface area (Å²) in [6.07, 6.45) is 4.59. The van der Waals surface area contributed by atoms with E-state index in [0.29, 0.717) is 12.1 Å². The van der Waals surface area contributed by atoms with Gasteiger partial charge in [0, 0.05) is 11.9 Å². The fourth-order valence-corrected chi connectivity index (χ4v) is 1.27. The summed E-state index contributed by atoms with van der Waals surface area (Å²) < 4.78 is 0. The van der Waals surface area contributed by atoms with Crippen molar-refractivity contribution in [1.29, 1.82) is 0 Å². The van der Waals surface area contributed by atoms with Crippen LogP contribution in [0, 0.1) is 6.92 Å². The van der Waals surface area contributed by atoms with Crippen LogP contribution in [0.4, 0.5) is 0 Å². The summed E-state index contributed by atoms with van der Waals surface area (Å²) in [6.45, 7) is 2.18. The zero-order chi connectivity index (χ0) is 11.4. The molecule has 0 aromatic carbocycles. The number of aromatic amines is 1. The van der Waals surface area contributed by atoms with Crippen LogP contribution in [-0.2, 0) is 6.54 Å². The Balaban J connectivity index is 1.97. The van der Waals surface area contributed by atoms with E-state index < -0.39 is 0 Å². The molecule has 0 radical (unpaired) electrons. The summed E-state index contributed by atoms with van der Waals surface area (Å²) in [5.74, 6) is -0.162. The maximum Gasteiger partial charge on any atom is 0.255 e. The third kappa shape index (κ3) is 2.22. The highest BCUT2D eigenvalue weighted by Crippen LogP contribution is 2.02. The van der Waals surface area contributed by atoms with E-state index in [4.69, 9.17) is 0 Å². The Bertz CT molecular complexity index is 479. The van der Waals surface area contributed by atoms with Crippen LogP contribution in [0.2, 0.25) is 0 Å². The minimum Gasteiger partial charge on any atom is -0.346 e. The molecule has 0 fully saturated rings. The second-order valence-electron chi connectivity index (χ2n) is 3.29. The van der Waals surface area contributed by atoms with Crippen molar-refractivity contribution in [1.82, 2.24) is 25.5 Å². The number of carbonyl (C=O) groups is 1. The second-order valence-corrected chi connectivity index (χ2v) is 3.29. The number of nitrogens with one attached hydrogen (secondary N) is 2. The van der Waals surface area contributed by atoms with E-state index in [1.54, 1.807) is 19.2 Å². The van der Waals surface area contributed by atoms with Gasteiger partial charge in [-0.3, -0.25) is 9.89 Å². The van der Waals surface area contributed by atoms with Crippen LogP contribution in [0.1, 0.15) is 21.7 Å². The van der Waals surface area contributed by atoms with Crippen molar-refractivity contribution in [3.63, 3.8) is 0 Å². The fourth-order valence-electron chi connectivity index (χ4n) is 1.27. The molecule has 1 amide bonds. The van der Waals surface area contributed by atoms with E-state index in [-0.39, 0.29) is 5.91 Å². The van der Waals surface area contributed by atoms with Crippen molar-refractivity contribution in [2.24, 2.45) is 0 Å². The van der Waals surface area contributed by atoms with Gasteiger partial charge < -0.3 is 5.32 Å². The zero-order valence-corrected chi connectivity index (χ0v) is 8.77. The lowest BCUT2D eigenvalue weighted by Gasteiger charge is -2.02. The second kappa shape index (κ2) is 4.52. The molecule has 0 saturated carbocycles. The molecule has 82 valence electrons. The Hall–Kier alpha value is -2.24. The lowest BCUT2D eigenvalue weighted by atomic mass is 10.2. The summed E-state index contributed by atoms with van der Waals surface area (Å²) in [5.41, 5.74) is 2.07. The van der Waals surface area contributed by atoms with Gasteiger partial charge in [-0.15, -0.1) is 0 Å². The van der Waals surface area contributed by atoms with E-state index in [2.05, 4.69) is 25.5 Å². The number of rotatable bonds is 3. The first-order valence-corrected chi connectivity index (χ1v) is 4.80. The zero-order valence-electron chi connectivity index (χ0n) is 8.77. The molecular formula is C10H11N5O. The highest BCUT2D eigenvalue weighted by atomic mass is 16.1. The van der Waals surface area contributed by atoms with Crippen molar-refractivity contribution < 1.29 is 4.79 Å². The van der Waals surface area contributed by atoms with Crippen molar-refractivity contribution in [2.75, 3.05) is 0 Å². The van der Waals surface area contributed by atoms with E-state index >= 15 is 0 Å². The highest BCUT2D eigenvalue weighted by Gasteiger charge is 2.09. The highest BCUT2D eigenvalue weighted by molar-refractivity contribution is 5.94. The smallest absolute Gasteiger partial charge is 0.255 e. The van der Waals surface area contributed by atoms with Gasteiger partial charge in [0.05, 0.1) is 24.0 Å². The van der Waals surface area contributed by atoms with Gasteiger partial charge in [-0.25, -0.2) is 9.97 Å². The summed E-state index contributed by atoms with van der Waals surface area (Å²) >= 11 is 0. The first kappa shape index (κ1) is 10.3. The van der Waals surface area contributed by atoms with E-state index in [9.17, 15) is 4.79 Å². The Labute approximate surface area is 92.1 Å². The summed E-state index contributed by atoms with van der Waals surface area (Å²) in [7, 11) is 0. The van der Waals surface area contributed by atoms with E-state index in [1.807, 2.05) is 0 Å². The van der Waals surface area contributed by atoms with Crippen molar-refractivity contribution >= 4 is 5.91 Å². The first-order chi connectivity index (χ1) is 7.77. The molecule has 6 nitrogen and oxygen atoms in total. The molecule has 0 atom stereocenters. The molecule has 2 aromatic rings. The fraction of sp³-hybridized carbons (Fsp3) is 0.200. The van der Waals surface area contributed by atoms with Crippen LogP contribution in [-0.4, -0.2) is 26.1 Å². The van der Waals surface area contributed by atoms with Crippen molar-refractivity contribution in [3.8, 4) is 0 Å². The summed E-state index contributed by atoms with van der Waals surface area (Å²) in [5, 5.41) is 9.25. The van der Waals surface area contributed by atoms with Gasteiger partial charge in [0.1, 0.15) is 6.33 Å². The number of nitrogens with zero attached hydrogens (tertiary/aromatic N) is 3. The molecule has 0 aliphatic carbocycles. The van der Waals surface area contributed by atoms with Crippen LogP contribution in [0.25, 0.3) is 0 Å². The molecule has 16 heavy (non-hydrogen) atoms. The molecule has 2 rings (SSSR count). The predicted molar refractivity (Wildman–Crippen MR) is 56.5 cm³/mol. The monoisotopic (exact) mass is 217 g/mol. The number of aryl methyl sites for hydroxylation is 1. The van der Waals surface area contributed by atoms with E-state index in [0.717, 1.165) is 11.4 Å². The largest absolute Gasteiger partial charge is 0.346 e. The van der Waals surface area contributed by atoms with Gasteiger partial charge in [0.2, 0.25) is 0 Å². The molecular weight excluding hydrogens is 206 g/mol. The van der Waals surface area contributed by atoms with Gasteiger partial charge in [0.25, 0.3) is 5.91 Å². The molecule has 2 N–H and O–H groups in total. The third-order valence-corrected chi connectivity index (χ3v) is 2.15. The number of hydrogen-bond acceptors (Lipinski definition) is 4. The van der Waals surface area contributed by atoms with Gasteiger partial charge in [-0.1, -0.05) is 0 Å². The van der Waals surface area contributed by atoms with Crippen LogP contribution in [0.5, 0.6) is 0 Å². The SMILES string of the molecule is Cc1[nH]ncc1C(=O)NCc1ccncn1. The van der Waals surface area contributed by atoms with Gasteiger partial charge >= 0.3 is 0 Å². The number of carbonyl (C=O) groups excluding carboxylic acids is 1. The van der Waals surface area contributed by atoms with Crippen LogP contribution in [0.3, 0.4) is 0 Å². The number of aromatic nitrogens is 4. The average molecular weight is 217 g/mol. The quantitative estimate of drug-likeness (QED) is 0.781. The van der Waals surface area contributed by atoms with Crippen LogP contribution >= 0.6 is 0 Å². The van der Waals surface area contributed by atoms with Gasteiger partial charge in [-0.2, -0.15) is 5.10 Å². The van der Waals surface area contributed by atoms with Crippen LogP contribution in [0.15, 0.2) is 24.8 Å². The molecule has 6 heteroatoms. The standard InChI is InChI=1S/C10H11N5O/c1-7-9(5-14-15-7)10(16)12-4-8-2-3-11-6-13-8/h2-3,5-6H,4H2,1H3,(H,12,16)(H,14,15). The molecule has 2 heterocycles. The predicted octanol–water partition coefficient (Wildman–Crippen LogP) is 0.438. The van der Waals surface area contributed by atoms with Gasteiger partial charge in [0.15, 0.2) is 0 Å².